The summed E-state index contributed by atoms with van der Waals surface area (Å²) in [6, 6.07) is 18.7. The first-order valence-electron chi connectivity index (χ1n) is 7.76. The number of amides is 1. The van der Waals surface area contributed by atoms with Gasteiger partial charge < -0.3 is 5.73 Å². The number of nitrogens with two attached hydrogens (primary N) is 1. The molecule has 2 aromatic rings. The lowest BCUT2D eigenvalue weighted by atomic mass is 9.87. The molecule has 3 N–H and O–H groups in total. The zero-order valence-electron chi connectivity index (χ0n) is 12.8. The molecule has 0 spiro atoms. The van der Waals surface area contributed by atoms with Gasteiger partial charge >= 0.3 is 0 Å². The smallest absolute Gasteiger partial charge is 0.234 e. The minimum absolute atomic E-state index is 0.107. The van der Waals surface area contributed by atoms with Crippen molar-refractivity contribution in [2.45, 2.75) is 31.3 Å². The molecule has 3 rings (SSSR count). The number of benzene rings is 2. The average Bonchev–Trinajstić information content (AvgIpc) is 2.59. The normalized spacial score (nSPS) is 19.8. The molecular weight excluding hydrogens is 304 g/mol. The largest absolute Gasteiger partial charge is 0.368 e. The van der Waals surface area contributed by atoms with E-state index in [9.17, 15) is 4.79 Å². The van der Waals surface area contributed by atoms with Gasteiger partial charge in [-0.2, -0.15) is 0 Å². The SMILES string of the molecule is NC(=O)C1Cc2c[c]ccc2C(C(=S)CCc2ccccc2)N1. The van der Waals surface area contributed by atoms with E-state index in [4.69, 9.17) is 18.0 Å². The standard InChI is InChI=1S/C19H19N2OS/c20-19(22)16-12-14-8-4-5-9-15(14)18(21-16)17(23)11-10-13-6-2-1-3-7-13/h1-3,5-9,16,18,21H,10-12H2,(H2,20,22). The first kappa shape index (κ1) is 15.8. The lowest BCUT2D eigenvalue weighted by Crippen LogP contribution is -2.49. The van der Waals surface area contributed by atoms with Gasteiger partial charge in [-0.05, 0) is 42.0 Å². The summed E-state index contributed by atoms with van der Waals surface area (Å²) in [4.78, 5) is 12.5. The second kappa shape index (κ2) is 7.02. The molecule has 2 atom stereocenters. The van der Waals surface area contributed by atoms with Gasteiger partial charge in [0.15, 0.2) is 0 Å². The quantitative estimate of drug-likeness (QED) is 0.832. The van der Waals surface area contributed by atoms with Crippen LogP contribution in [0.5, 0.6) is 0 Å². The maximum Gasteiger partial charge on any atom is 0.234 e. The van der Waals surface area contributed by atoms with E-state index >= 15 is 0 Å². The fraction of sp³-hybridized carbons (Fsp3) is 0.263. The van der Waals surface area contributed by atoms with E-state index in [0.717, 1.165) is 28.8 Å². The Morgan fingerprint density at radius 2 is 2.09 bits per heavy atom. The molecule has 1 aliphatic rings. The van der Waals surface area contributed by atoms with E-state index in [2.05, 4.69) is 23.5 Å². The van der Waals surface area contributed by atoms with Crippen molar-refractivity contribution in [3.63, 3.8) is 0 Å². The van der Waals surface area contributed by atoms with Gasteiger partial charge in [0.25, 0.3) is 0 Å². The highest BCUT2D eigenvalue weighted by Gasteiger charge is 2.30. The molecule has 1 amide bonds. The average molecular weight is 323 g/mol. The molecule has 0 saturated carbocycles. The lowest BCUT2D eigenvalue weighted by Gasteiger charge is -2.32. The number of carbonyl (C=O) groups is 1. The van der Waals surface area contributed by atoms with Gasteiger partial charge in [0.1, 0.15) is 0 Å². The van der Waals surface area contributed by atoms with Crippen molar-refractivity contribution in [1.29, 1.82) is 0 Å². The van der Waals surface area contributed by atoms with Gasteiger partial charge in [-0.25, -0.2) is 0 Å². The third-order valence-electron chi connectivity index (χ3n) is 4.26. The van der Waals surface area contributed by atoms with Crippen molar-refractivity contribution in [2.75, 3.05) is 0 Å². The van der Waals surface area contributed by atoms with Crippen LogP contribution >= 0.6 is 12.2 Å². The topological polar surface area (TPSA) is 55.1 Å². The number of primary amides is 1. The predicted octanol–water partition coefficient (Wildman–Crippen LogP) is 2.53. The number of thiocarbonyl (C=S) groups is 1. The molecule has 2 unspecified atom stereocenters. The summed E-state index contributed by atoms with van der Waals surface area (Å²) >= 11 is 5.66. The first-order chi connectivity index (χ1) is 11.1. The summed E-state index contributed by atoms with van der Waals surface area (Å²) in [7, 11) is 0. The van der Waals surface area contributed by atoms with E-state index in [1.54, 1.807) is 0 Å². The van der Waals surface area contributed by atoms with E-state index in [0.29, 0.717) is 6.42 Å². The zero-order chi connectivity index (χ0) is 16.2. The van der Waals surface area contributed by atoms with Gasteiger partial charge in [-0.15, -0.1) is 0 Å². The van der Waals surface area contributed by atoms with E-state index in [-0.39, 0.29) is 18.0 Å². The Bertz CT molecular complexity index is 714. The minimum atomic E-state index is -0.377. The monoisotopic (exact) mass is 323 g/mol. The van der Waals surface area contributed by atoms with Gasteiger partial charge in [-0.3, -0.25) is 10.1 Å². The Kier molecular flexibility index (Phi) is 4.84. The number of aryl methyl sites for hydroxylation is 1. The van der Waals surface area contributed by atoms with Gasteiger partial charge in [0, 0.05) is 4.86 Å². The fourth-order valence-electron chi connectivity index (χ4n) is 3.01. The maximum absolute atomic E-state index is 11.6. The third-order valence-corrected chi connectivity index (χ3v) is 4.70. The van der Waals surface area contributed by atoms with Crippen LogP contribution in [0.4, 0.5) is 0 Å². The number of nitrogens with one attached hydrogen (secondary N) is 1. The molecule has 0 fully saturated rings. The van der Waals surface area contributed by atoms with E-state index in [1.165, 1.54) is 5.56 Å². The van der Waals surface area contributed by atoms with Crippen LogP contribution in [0.15, 0.2) is 48.5 Å². The molecule has 2 aromatic carbocycles. The lowest BCUT2D eigenvalue weighted by molar-refractivity contribution is -0.120. The van der Waals surface area contributed by atoms with Crippen LogP contribution in [0.2, 0.25) is 0 Å². The highest BCUT2D eigenvalue weighted by molar-refractivity contribution is 7.80. The molecule has 1 heterocycles. The maximum atomic E-state index is 11.6. The van der Waals surface area contributed by atoms with Crippen molar-refractivity contribution < 1.29 is 4.79 Å². The Morgan fingerprint density at radius 3 is 2.83 bits per heavy atom. The van der Waals surface area contributed by atoms with Crippen LogP contribution in [0.3, 0.4) is 0 Å². The Balaban J connectivity index is 1.77. The molecule has 1 radical (unpaired) electrons. The molecule has 4 heteroatoms. The minimum Gasteiger partial charge on any atom is -0.368 e. The zero-order valence-corrected chi connectivity index (χ0v) is 13.6. The summed E-state index contributed by atoms with van der Waals surface area (Å²) in [5, 5.41) is 3.32. The summed E-state index contributed by atoms with van der Waals surface area (Å²) in [5.74, 6) is -0.338. The number of fused-ring (bicyclic) bond motifs is 1. The van der Waals surface area contributed by atoms with Gasteiger partial charge in [0.05, 0.1) is 12.1 Å². The van der Waals surface area contributed by atoms with Crippen molar-refractivity contribution in [3.8, 4) is 0 Å². The van der Waals surface area contributed by atoms with Crippen LogP contribution in [0, 0.1) is 6.07 Å². The molecule has 0 saturated heterocycles. The van der Waals surface area contributed by atoms with Crippen LogP contribution in [0.25, 0.3) is 0 Å². The molecule has 0 aromatic heterocycles. The molecule has 1 aliphatic heterocycles. The second-order valence-electron chi connectivity index (χ2n) is 5.84. The molecule has 0 bridgehead atoms. The highest BCUT2D eigenvalue weighted by atomic mass is 32.1. The van der Waals surface area contributed by atoms with E-state index < -0.39 is 0 Å². The summed E-state index contributed by atoms with van der Waals surface area (Å²) in [6.45, 7) is 0. The van der Waals surface area contributed by atoms with Crippen molar-refractivity contribution in [1.82, 2.24) is 5.32 Å². The number of hydrogen-bond donors (Lipinski definition) is 2. The summed E-state index contributed by atoms with van der Waals surface area (Å²) in [6.07, 6.45) is 2.29. The van der Waals surface area contributed by atoms with Crippen molar-refractivity contribution in [2.24, 2.45) is 5.73 Å². The van der Waals surface area contributed by atoms with Crippen LogP contribution in [0.1, 0.15) is 29.2 Å². The molecule has 0 aliphatic carbocycles. The number of hydrogen-bond acceptors (Lipinski definition) is 3. The number of rotatable bonds is 5. The van der Waals surface area contributed by atoms with Crippen molar-refractivity contribution >= 4 is 23.0 Å². The van der Waals surface area contributed by atoms with Crippen LogP contribution < -0.4 is 11.1 Å². The Labute approximate surface area is 141 Å². The molecule has 23 heavy (non-hydrogen) atoms. The summed E-state index contributed by atoms with van der Waals surface area (Å²) in [5.41, 5.74) is 9.00. The number of carbonyl (C=O) groups excluding carboxylic acids is 1. The third kappa shape index (κ3) is 3.66. The van der Waals surface area contributed by atoms with Crippen LogP contribution in [-0.2, 0) is 17.6 Å². The predicted molar refractivity (Wildman–Crippen MR) is 95.2 cm³/mol. The first-order valence-corrected chi connectivity index (χ1v) is 8.17. The molecule has 117 valence electrons. The Morgan fingerprint density at radius 1 is 1.30 bits per heavy atom. The fourth-order valence-corrected chi connectivity index (χ4v) is 3.31. The second-order valence-corrected chi connectivity index (χ2v) is 6.36. The Hall–Kier alpha value is -2.04. The van der Waals surface area contributed by atoms with Crippen LogP contribution in [-0.4, -0.2) is 16.8 Å². The van der Waals surface area contributed by atoms with E-state index in [1.807, 2.05) is 36.4 Å². The molecular formula is C19H19N2OS. The van der Waals surface area contributed by atoms with Gasteiger partial charge in [-0.1, -0.05) is 60.7 Å². The van der Waals surface area contributed by atoms with Gasteiger partial charge in [0.2, 0.25) is 5.91 Å². The van der Waals surface area contributed by atoms with Crippen molar-refractivity contribution in [3.05, 3.63) is 71.3 Å². The highest BCUT2D eigenvalue weighted by Crippen LogP contribution is 2.27. The molecule has 3 nitrogen and oxygen atoms in total. The summed E-state index contributed by atoms with van der Waals surface area (Å²) < 4.78 is 0.